The standard InChI is InChI=1S/C14H14ClN3O3/c15-8-1-10-12(16-6-8)21-11(18-10)7-2-14(3-7)4-9(5-14)17-13(19)20/h1,6-7,9,17H,2-5H2,(H,19,20). The predicted octanol–water partition coefficient (Wildman–Crippen LogP) is 3.17. The van der Waals surface area contributed by atoms with E-state index in [0.29, 0.717) is 22.2 Å². The lowest BCUT2D eigenvalue weighted by molar-refractivity contribution is -0.0255. The van der Waals surface area contributed by atoms with Crippen molar-refractivity contribution in [3.05, 3.63) is 23.2 Å². The Balaban J connectivity index is 1.42. The molecule has 21 heavy (non-hydrogen) atoms. The predicted molar refractivity (Wildman–Crippen MR) is 75.4 cm³/mol. The van der Waals surface area contributed by atoms with E-state index in [1.165, 1.54) is 0 Å². The maximum atomic E-state index is 10.6. The van der Waals surface area contributed by atoms with Gasteiger partial charge in [-0.1, -0.05) is 11.6 Å². The Kier molecular flexibility index (Phi) is 2.66. The summed E-state index contributed by atoms with van der Waals surface area (Å²) in [6.07, 6.45) is 4.46. The molecule has 7 heteroatoms. The van der Waals surface area contributed by atoms with Gasteiger partial charge in [0.25, 0.3) is 0 Å². The van der Waals surface area contributed by atoms with Crippen LogP contribution in [0.4, 0.5) is 4.79 Å². The van der Waals surface area contributed by atoms with E-state index in [1.807, 2.05) is 0 Å². The van der Waals surface area contributed by atoms with Gasteiger partial charge in [-0.2, -0.15) is 0 Å². The lowest BCUT2D eigenvalue weighted by atomic mass is 9.50. The van der Waals surface area contributed by atoms with Gasteiger partial charge in [-0.3, -0.25) is 0 Å². The van der Waals surface area contributed by atoms with E-state index < -0.39 is 6.09 Å². The molecule has 0 saturated heterocycles. The number of nitrogens with zero attached hydrogens (tertiary/aromatic N) is 2. The van der Waals surface area contributed by atoms with E-state index in [-0.39, 0.29) is 11.5 Å². The van der Waals surface area contributed by atoms with Crippen molar-refractivity contribution in [1.82, 2.24) is 15.3 Å². The van der Waals surface area contributed by atoms with E-state index in [1.54, 1.807) is 12.3 Å². The van der Waals surface area contributed by atoms with Gasteiger partial charge in [0, 0.05) is 18.2 Å². The van der Waals surface area contributed by atoms with E-state index in [9.17, 15) is 4.79 Å². The molecule has 0 aromatic carbocycles. The van der Waals surface area contributed by atoms with Crippen molar-refractivity contribution in [3.8, 4) is 0 Å². The molecule has 1 amide bonds. The number of carbonyl (C=O) groups is 1. The summed E-state index contributed by atoms with van der Waals surface area (Å²) in [6.45, 7) is 0. The minimum atomic E-state index is -0.937. The number of pyridine rings is 1. The number of amides is 1. The number of rotatable bonds is 2. The number of fused-ring (bicyclic) bond motifs is 1. The van der Waals surface area contributed by atoms with Crippen molar-refractivity contribution < 1.29 is 14.3 Å². The number of hydrogen-bond acceptors (Lipinski definition) is 4. The van der Waals surface area contributed by atoms with Crippen LogP contribution in [-0.4, -0.2) is 27.2 Å². The zero-order valence-corrected chi connectivity index (χ0v) is 11.9. The molecule has 110 valence electrons. The molecule has 0 radical (unpaired) electrons. The lowest BCUT2D eigenvalue weighted by Crippen LogP contribution is -2.55. The molecule has 2 aliphatic rings. The quantitative estimate of drug-likeness (QED) is 0.889. The van der Waals surface area contributed by atoms with E-state index in [4.69, 9.17) is 21.1 Å². The highest BCUT2D eigenvalue weighted by Gasteiger charge is 2.54. The van der Waals surface area contributed by atoms with Crippen molar-refractivity contribution in [2.45, 2.75) is 37.6 Å². The van der Waals surface area contributed by atoms with Crippen LogP contribution in [0.25, 0.3) is 11.2 Å². The zero-order chi connectivity index (χ0) is 14.6. The number of aromatic nitrogens is 2. The van der Waals surface area contributed by atoms with Crippen LogP contribution >= 0.6 is 11.6 Å². The topological polar surface area (TPSA) is 88.2 Å². The molecule has 0 atom stereocenters. The average molecular weight is 308 g/mol. The Morgan fingerprint density at radius 1 is 1.43 bits per heavy atom. The molecule has 1 spiro atoms. The third kappa shape index (κ3) is 2.14. The van der Waals surface area contributed by atoms with Gasteiger partial charge in [0.2, 0.25) is 11.6 Å². The van der Waals surface area contributed by atoms with E-state index >= 15 is 0 Å². The first kappa shape index (κ1) is 12.9. The highest BCUT2D eigenvalue weighted by atomic mass is 35.5. The Hall–Kier alpha value is -1.82. The fourth-order valence-corrected chi connectivity index (χ4v) is 3.90. The molecule has 2 aromatic rings. The van der Waals surface area contributed by atoms with Gasteiger partial charge in [0.05, 0.1) is 5.02 Å². The van der Waals surface area contributed by atoms with Gasteiger partial charge < -0.3 is 14.8 Å². The molecule has 6 nitrogen and oxygen atoms in total. The van der Waals surface area contributed by atoms with Crippen LogP contribution in [0.5, 0.6) is 0 Å². The van der Waals surface area contributed by atoms with Crippen LogP contribution < -0.4 is 5.32 Å². The summed E-state index contributed by atoms with van der Waals surface area (Å²) >= 11 is 5.89. The van der Waals surface area contributed by atoms with Crippen molar-refractivity contribution in [2.24, 2.45) is 5.41 Å². The van der Waals surface area contributed by atoms with Gasteiger partial charge in [-0.15, -0.1) is 0 Å². The first-order valence-corrected chi connectivity index (χ1v) is 7.32. The summed E-state index contributed by atoms with van der Waals surface area (Å²) in [5.41, 5.74) is 1.50. The van der Waals surface area contributed by atoms with Crippen LogP contribution in [0.3, 0.4) is 0 Å². The van der Waals surface area contributed by atoms with Crippen molar-refractivity contribution >= 4 is 28.9 Å². The average Bonchev–Trinajstić information content (AvgIpc) is 2.72. The van der Waals surface area contributed by atoms with Gasteiger partial charge >= 0.3 is 6.09 Å². The molecule has 4 rings (SSSR count). The fourth-order valence-electron chi connectivity index (χ4n) is 3.75. The minimum absolute atomic E-state index is 0.104. The van der Waals surface area contributed by atoms with Gasteiger partial charge in [0.15, 0.2) is 0 Å². The molecular weight excluding hydrogens is 294 g/mol. The summed E-state index contributed by atoms with van der Waals surface area (Å²) in [4.78, 5) is 19.2. The van der Waals surface area contributed by atoms with Crippen LogP contribution in [0.2, 0.25) is 5.02 Å². The second-order valence-electron chi connectivity index (χ2n) is 6.19. The Bertz CT molecular complexity index is 715. The summed E-state index contributed by atoms with van der Waals surface area (Å²) in [5, 5.41) is 11.8. The second-order valence-corrected chi connectivity index (χ2v) is 6.63. The molecule has 0 aliphatic heterocycles. The van der Waals surface area contributed by atoms with Crippen LogP contribution in [0, 0.1) is 5.41 Å². The van der Waals surface area contributed by atoms with Crippen LogP contribution in [0.15, 0.2) is 16.7 Å². The molecule has 2 aromatic heterocycles. The summed E-state index contributed by atoms with van der Waals surface area (Å²) in [6, 6.07) is 1.86. The number of oxazole rings is 1. The molecule has 2 saturated carbocycles. The number of hydrogen-bond donors (Lipinski definition) is 2. The highest BCUT2D eigenvalue weighted by molar-refractivity contribution is 6.30. The Morgan fingerprint density at radius 2 is 2.19 bits per heavy atom. The van der Waals surface area contributed by atoms with E-state index in [2.05, 4.69) is 15.3 Å². The van der Waals surface area contributed by atoms with Gasteiger partial charge in [-0.05, 0) is 37.2 Å². The number of halogens is 1. The van der Waals surface area contributed by atoms with Crippen molar-refractivity contribution in [1.29, 1.82) is 0 Å². The summed E-state index contributed by atoms with van der Waals surface area (Å²) in [5.74, 6) is 1.03. The maximum Gasteiger partial charge on any atom is 0.404 e. The van der Waals surface area contributed by atoms with Crippen molar-refractivity contribution in [3.63, 3.8) is 0 Å². The molecule has 2 heterocycles. The third-order valence-electron chi connectivity index (χ3n) is 4.63. The number of carboxylic acid groups (broad SMARTS) is 1. The first-order valence-electron chi connectivity index (χ1n) is 6.94. The molecule has 2 N–H and O–H groups in total. The van der Waals surface area contributed by atoms with Crippen LogP contribution in [-0.2, 0) is 0 Å². The molecule has 2 fully saturated rings. The molecule has 0 bridgehead atoms. The molecular formula is C14H14ClN3O3. The second kappa shape index (κ2) is 4.34. The fraction of sp³-hybridized carbons (Fsp3) is 0.500. The Labute approximate surface area is 125 Å². The minimum Gasteiger partial charge on any atom is -0.465 e. The van der Waals surface area contributed by atoms with Gasteiger partial charge in [0.1, 0.15) is 5.52 Å². The molecule has 2 aliphatic carbocycles. The maximum absolute atomic E-state index is 10.6. The summed E-state index contributed by atoms with van der Waals surface area (Å²) < 4.78 is 5.69. The van der Waals surface area contributed by atoms with Crippen LogP contribution in [0.1, 0.15) is 37.5 Å². The monoisotopic (exact) mass is 307 g/mol. The van der Waals surface area contributed by atoms with Gasteiger partial charge in [-0.25, -0.2) is 14.8 Å². The van der Waals surface area contributed by atoms with Crippen molar-refractivity contribution in [2.75, 3.05) is 0 Å². The summed E-state index contributed by atoms with van der Waals surface area (Å²) in [7, 11) is 0. The first-order chi connectivity index (χ1) is 10.0. The normalized spacial score (nSPS) is 30.9. The van der Waals surface area contributed by atoms with E-state index in [0.717, 1.165) is 31.6 Å². The zero-order valence-electron chi connectivity index (χ0n) is 11.2. The third-order valence-corrected chi connectivity index (χ3v) is 4.83. The largest absolute Gasteiger partial charge is 0.465 e. The molecule has 0 unspecified atom stereocenters. The SMILES string of the molecule is O=C(O)NC1CC2(C1)CC(c1nc3cc(Cl)cnc3o1)C2. The highest BCUT2D eigenvalue weighted by Crippen LogP contribution is 2.61. The number of nitrogens with one attached hydrogen (secondary N) is 1. The smallest absolute Gasteiger partial charge is 0.404 e. The Morgan fingerprint density at radius 3 is 2.90 bits per heavy atom. The lowest BCUT2D eigenvalue weighted by Gasteiger charge is -2.56.